The van der Waals surface area contributed by atoms with Gasteiger partial charge in [-0.05, 0) is 68.9 Å². The molecule has 1 fully saturated rings. The van der Waals surface area contributed by atoms with Crippen LogP contribution in [-0.4, -0.2) is 48.2 Å². The van der Waals surface area contributed by atoms with Gasteiger partial charge in [0.05, 0.1) is 5.60 Å². The number of amides is 1. The molecular formula is C24H32N2O2. The van der Waals surface area contributed by atoms with Gasteiger partial charge in [0, 0.05) is 37.9 Å². The quantitative estimate of drug-likeness (QED) is 0.790. The Kier molecular flexibility index (Phi) is 6.40. The van der Waals surface area contributed by atoms with Gasteiger partial charge in [0.25, 0.3) is 5.91 Å². The molecule has 0 spiro atoms. The van der Waals surface area contributed by atoms with Crippen LogP contribution in [0.25, 0.3) is 0 Å². The molecule has 2 aromatic carbocycles. The first-order valence-corrected chi connectivity index (χ1v) is 10.2. The summed E-state index contributed by atoms with van der Waals surface area (Å²) < 4.78 is 0. The van der Waals surface area contributed by atoms with Crippen LogP contribution in [-0.2, 0) is 6.42 Å². The fourth-order valence-corrected chi connectivity index (χ4v) is 3.81. The third-order valence-corrected chi connectivity index (χ3v) is 5.51. The van der Waals surface area contributed by atoms with Crippen LogP contribution < -0.4 is 4.90 Å². The van der Waals surface area contributed by atoms with Crippen molar-refractivity contribution in [2.45, 2.75) is 38.7 Å². The summed E-state index contributed by atoms with van der Waals surface area (Å²) in [6.45, 7) is 6.47. The van der Waals surface area contributed by atoms with Gasteiger partial charge in [0.1, 0.15) is 0 Å². The van der Waals surface area contributed by atoms with Crippen LogP contribution in [0, 0.1) is 5.92 Å². The molecule has 1 aliphatic heterocycles. The molecule has 4 nitrogen and oxygen atoms in total. The molecule has 3 rings (SSSR count). The van der Waals surface area contributed by atoms with E-state index in [1.54, 1.807) is 0 Å². The Bertz CT molecular complexity index is 765. The minimum atomic E-state index is -0.663. The van der Waals surface area contributed by atoms with E-state index in [2.05, 4.69) is 29.2 Å². The van der Waals surface area contributed by atoms with E-state index in [4.69, 9.17) is 0 Å². The zero-order valence-electron chi connectivity index (χ0n) is 17.3. The molecule has 2 aromatic rings. The van der Waals surface area contributed by atoms with Crippen LogP contribution in [0.15, 0.2) is 54.6 Å². The third-order valence-electron chi connectivity index (χ3n) is 5.51. The van der Waals surface area contributed by atoms with E-state index in [-0.39, 0.29) is 5.91 Å². The first-order chi connectivity index (χ1) is 13.3. The number of nitrogens with zero attached hydrogens (tertiary/aromatic N) is 2. The minimum Gasteiger partial charge on any atom is -0.390 e. The van der Waals surface area contributed by atoms with Crippen molar-refractivity contribution in [3.8, 4) is 0 Å². The van der Waals surface area contributed by atoms with Crippen molar-refractivity contribution in [2.24, 2.45) is 5.92 Å². The van der Waals surface area contributed by atoms with Gasteiger partial charge in [-0.15, -0.1) is 0 Å². The second kappa shape index (κ2) is 8.78. The van der Waals surface area contributed by atoms with Crippen LogP contribution in [0.3, 0.4) is 0 Å². The average Bonchev–Trinajstić information content (AvgIpc) is 3.15. The van der Waals surface area contributed by atoms with E-state index in [0.717, 1.165) is 43.6 Å². The Morgan fingerprint density at radius 1 is 1.14 bits per heavy atom. The van der Waals surface area contributed by atoms with Gasteiger partial charge in [0.15, 0.2) is 0 Å². The summed E-state index contributed by atoms with van der Waals surface area (Å²) in [7, 11) is 1.90. The van der Waals surface area contributed by atoms with Crippen LogP contribution in [0.1, 0.15) is 42.6 Å². The number of carbonyl (C=O) groups excluding carboxylic acids is 1. The molecule has 0 aliphatic carbocycles. The first kappa shape index (κ1) is 20.4. The third kappa shape index (κ3) is 5.59. The highest BCUT2D eigenvalue weighted by atomic mass is 16.3. The van der Waals surface area contributed by atoms with Gasteiger partial charge >= 0.3 is 0 Å². The second-order valence-electron chi connectivity index (χ2n) is 8.63. The molecule has 1 amide bonds. The first-order valence-electron chi connectivity index (χ1n) is 10.2. The Hall–Kier alpha value is -2.33. The number of benzene rings is 2. The Morgan fingerprint density at radius 3 is 2.46 bits per heavy atom. The molecule has 0 bridgehead atoms. The van der Waals surface area contributed by atoms with E-state index < -0.39 is 5.60 Å². The van der Waals surface area contributed by atoms with Gasteiger partial charge in [-0.25, -0.2) is 0 Å². The van der Waals surface area contributed by atoms with E-state index in [9.17, 15) is 9.90 Å². The van der Waals surface area contributed by atoms with Crippen molar-refractivity contribution < 1.29 is 9.90 Å². The van der Waals surface area contributed by atoms with Crippen LogP contribution >= 0.6 is 0 Å². The predicted molar refractivity (Wildman–Crippen MR) is 115 cm³/mol. The van der Waals surface area contributed by atoms with Gasteiger partial charge in [-0.3, -0.25) is 4.79 Å². The summed E-state index contributed by atoms with van der Waals surface area (Å²) in [4.78, 5) is 17.0. The molecule has 1 aliphatic rings. The number of aryl methyl sites for hydroxylation is 1. The zero-order chi connectivity index (χ0) is 20.1. The van der Waals surface area contributed by atoms with Crippen LogP contribution in [0.2, 0.25) is 0 Å². The highest BCUT2D eigenvalue weighted by molar-refractivity contribution is 5.94. The molecule has 0 saturated carbocycles. The Morgan fingerprint density at radius 2 is 1.82 bits per heavy atom. The van der Waals surface area contributed by atoms with E-state index in [1.807, 2.05) is 56.1 Å². The van der Waals surface area contributed by atoms with Crippen LogP contribution in [0.4, 0.5) is 5.69 Å². The Balaban J connectivity index is 1.52. The maximum Gasteiger partial charge on any atom is 0.253 e. The molecule has 1 atom stereocenters. The summed E-state index contributed by atoms with van der Waals surface area (Å²) in [6, 6.07) is 18.3. The van der Waals surface area contributed by atoms with Crippen molar-refractivity contribution >= 4 is 11.6 Å². The van der Waals surface area contributed by atoms with Gasteiger partial charge in [-0.2, -0.15) is 0 Å². The average molecular weight is 381 g/mol. The van der Waals surface area contributed by atoms with Crippen LogP contribution in [0.5, 0.6) is 0 Å². The summed E-state index contributed by atoms with van der Waals surface area (Å²) in [5.74, 6) is 0.576. The van der Waals surface area contributed by atoms with Gasteiger partial charge in [-0.1, -0.05) is 30.3 Å². The number of rotatable bonds is 7. The van der Waals surface area contributed by atoms with Gasteiger partial charge in [0.2, 0.25) is 0 Å². The standard InChI is InChI=1S/C24H32N2O2/c1-24(2,28)15-13-19-9-11-21(12-10-19)23(27)25(3)17-20-14-16-26(18-20)22-7-5-4-6-8-22/h4-12,20,28H,13-18H2,1-3H3/t20-/m0/s1. The molecule has 1 saturated heterocycles. The maximum absolute atomic E-state index is 12.8. The van der Waals surface area contributed by atoms with E-state index in [1.165, 1.54) is 5.69 Å². The number of hydrogen-bond donors (Lipinski definition) is 1. The monoisotopic (exact) mass is 380 g/mol. The predicted octanol–water partition coefficient (Wildman–Crippen LogP) is 3.99. The second-order valence-corrected chi connectivity index (χ2v) is 8.63. The number of carbonyl (C=O) groups is 1. The molecule has 28 heavy (non-hydrogen) atoms. The smallest absolute Gasteiger partial charge is 0.253 e. The number of hydrogen-bond acceptors (Lipinski definition) is 3. The molecular weight excluding hydrogens is 348 g/mol. The molecule has 0 unspecified atom stereocenters. The summed E-state index contributed by atoms with van der Waals surface area (Å²) in [5, 5.41) is 9.86. The number of aliphatic hydroxyl groups is 1. The molecule has 1 heterocycles. The fourth-order valence-electron chi connectivity index (χ4n) is 3.81. The zero-order valence-corrected chi connectivity index (χ0v) is 17.3. The highest BCUT2D eigenvalue weighted by Crippen LogP contribution is 2.24. The van der Waals surface area contributed by atoms with Crippen molar-refractivity contribution in [2.75, 3.05) is 31.6 Å². The lowest BCUT2D eigenvalue weighted by molar-refractivity contribution is 0.0712. The highest BCUT2D eigenvalue weighted by Gasteiger charge is 2.25. The van der Waals surface area contributed by atoms with Crippen molar-refractivity contribution in [3.05, 3.63) is 65.7 Å². The molecule has 150 valence electrons. The van der Waals surface area contributed by atoms with E-state index in [0.29, 0.717) is 12.3 Å². The molecule has 0 aromatic heterocycles. The molecule has 0 radical (unpaired) electrons. The van der Waals surface area contributed by atoms with Crippen molar-refractivity contribution in [1.29, 1.82) is 0 Å². The lowest BCUT2D eigenvalue weighted by Gasteiger charge is -2.23. The Labute approximate surface area is 168 Å². The normalized spacial score (nSPS) is 17.0. The fraction of sp³-hybridized carbons (Fsp3) is 0.458. The lowest BCUT2D eigenvalue weighted by Crippen LogP contribution is -2.33. The van der Waals surface area contributed by atoms with E-state index >= 15 is 0 Å². The number of para-hydroxylation sites is 1. The molecule has 1 N–H and O–H groups in total. The lowest BCUT2D eigenvalue weighted by atomic mass is 9.98. The number of anilines is 1. The molecule has 4 heteroatoms. The van der Waals surface area contributed by atoms with Crippen molar-refractivity contribution in [3.63, 3.8) is 0 Å². The maximum atomic E-state index is 12.8. The summed E-state index contributed by atoms with van der Waals surface area (Å²) >= 11 is 0. The van der Waals surface area contributed by atoms with Gasteiger partial charge < -0.3 is 14.9 Å². The summed E-state index contributed by atoms with van der Waals surface area (Å²) in [5.41, 5.74) is 2.48. The largest absolute Gasteiger partial charge is 0.390 e. The topological polar surface area (TPSA) is 43.8 Å². The summed E-state index contributed by atoms with van der Waals surface area (Å²) in [6.07, 6.45) is 2.63. The SMILES string of the molecule is CN(C[C@@H]1CCN(c2ccccc2)C1)C(=O)c1ccc(CCC(C)(C)O)cc1. The minimum absolute atomic E-state index is 0.0761. The van der Waals surface area contributed by atoms with Crippen molar-refractivity contribution in [1.82, 2.24) is 4.90 Å².